The van der Waals surface area contributed by atoms with E-state index in [0.717, 1.165) is 0 Å². The van der Waals surface area contributed by atoms with Crippen LogP contribution in [0.15, 0.2) is 121 Å². The van der Waals surface area contributed by atoms with Gasteiger partial charge in [-0.05, 0) is 114 Å². The van der Waals surface area contributed by atoms with Gasteiger partial charge in [0.05, 0.1) is 16.6 Å². The third kappa shape index (κ3) is 4.39. The standard InChI is InChI=1S/C52H47BN2/c1-50(2,3)31-22-23-42-36(25-31)37-26-32(51(4,5)6)28-40-49(37)55(42)44-29-33(52(7,8)9)27-38-47-45-30(16-15-20-39(45)53(40)48(38)44)24-43-46(47)35-19-13-14-21-41(35)54(43)34-17-11-10-12-18-34/h10-29H,1-9H3. The summed E-state index contributed by atoms with van der Waals surface area (Å²) in [5.41, 5.74) is 18.9. The number of rotatable bonds is 1. The molecule has 268 valence electrons. The molecule has 7 aromatic carbocycles. The average molecular weight is 711 g/mol. The van der Waals surface area contributed by atoms with Crippen molar-refractivity contribution in [3.8, 4) is 22.5 Å². The van der Waals surface area contributed by atoms with Crippen molar-refractivity contribution in [1.82, 2.24) is 9.13 Å². The smallest absolute Gasteiger partial charge is 0.248 e. The summed E-state index contributed by atoms with van der Waals surface area (Å²) in [7, 11) is 0. The lowest BCUT2D eigenvalue weighted by Gasteiger charge is -2.36. The molecule has 2 aliphatic rings. The van der Waals surface area contributed by atoms with E-state index in [1.54, 1.807) is 0 Å². The fraction of sp³-hybridized carbons (Fsp3) is 0.231. The maximum atomic E-state index is 2.65. The van der Waals surface area contributed by atoms with Crippen LogP contribution in [-0.4, -0.2) is 15.8 Å². The van der Waals surface area contributed by atoms with Crippen LogP contribution in [-0.2, 0) is 16.2 Å². The Labute approximate surface area is 324 Å². The van der Waals surface area contributed by atoms with Crippen molar-refractivity contribution in [3.05, 3.63) is 138 Å². The van der Waals surface area contributed by atoms with Gasteiger partial charge in [0.1, 0.15) is 0 Å². The highest BCUT2D eigenvalue weighted by atomic mass is 15.0. The molecule has 11 rings (SSSR count). The largest absolute Gasteiger partial charge is 0.310 e. The predicted molar refractivity (Wildman–Crippen MR) is 239 cm³/mol. The maximum Gasteiger partial charge on any atom is 0.248 e. The molecular weight excluding hydrogens is 663 g/mol. The summed E-state index contributed by atoms with van der Waals surface area (Å²) in [6, 6.07) is 47.0. The van der Waals surface area contributed by atoms with E-state index < -0.39 is 0 Å². The molecule has 0 unspecified atom stereocenters. The van der Waals surface area contributed by atoms with Crippen LogP contribution in [0, 0.1) is 0 Å². The summed E-state index contributed by atoms with van der Waals surface area (Å²) in [6.07, 6.45) is 0. The topological polar surface area (TPSA) is 9.86 Å². The third-order valence-corrected chi connectivity index (χ3v) is 12.9. The fourth-order valence-electron chi connectivity index (χ4n) is 10.1. The summed E-state index contributed by atoms with van der Waals surface area (Å²) in [4.78, 5) is 0. The highest BCUT2D eigenvalue weighted by Crippen LogP contribution is 2.47. The number of para-hydroxylation sites is 2. The molecule has 0 atom stereocenters. The molecule has 0 fully saturated rings. The molecule has 2 aliphatic heterocycles. The molecule has 0 bridgehead atoms. The Bertz CT molecular complexity index is 3130. The second-order valence-electron chi connectivity index (χ2n) is 19.4. The third-order valence-electron chi connectivity index (χ3n) is 12.9. The predicted octanol–water partition coefficient (Wildman–Crippen LogP) is 11.7. The van der Waals surface area contributed by atoms with Crippen molar-refractivity contribution >= 4 is 77.5 Å². The highest BCUT2D eigenvalue weighted by Gasteiger charge is 2.42. The Hall–Kier alpha value is -5.54. The van der Waals surface area contributed by atoms with Crippen LogP contribution < -0.4 is 16.4 Å². The lowest BCUT2D eigenvalue weighted by molar-refractivity contribution is 0.590. The molecule has 0 amide bonds. The Morgan fingerprint density at radius 3 is 1.87 bits per heavy atom. The molecule has 0 radical (unpaired) electrons. The lowest BCUT2D eigenvalue weighted by Crippen LogP contribution is -2.58. The summed E-state index contributed by atoms with van der Waals surface area (Å²) in [6.45, 7) is 21.3. The molecule has 0 aliphatic carbocycles. The Morgan fingerprint density at radius 1 is 0.455 bits per heavy atom. The van der Waals surface area contributed by atoms with Gasteiger partial charge in [-0.25, -0.2) is 0 Å². The minimum atomic E-state index is -0.0547. The zero-order valence-electron chi connectivity index (χ0n) is 33.5. The Morgan fingerprint density at radius 2 is 1.13 bits per heavy atom. The molecule has 9 aromatic rings. The normalized spacial score (nSPS) is 13.9. The fourth-order valence-corrected chi connectivity index (χ4v) is 10.1. The molecule has 4 heterocycles. The molecule has 0 spiro atoms. The molecule has 2 aromatic heterocycles. The van der Waals surface area contributed by atoms with Crippen molar-refractivity contribution in [1.29, 1.82) is 0 Å². The van der Waals surface area contributed by atoms with Crippen LogP contribution in [0.5, 0.6) is 0 Å². The first-order chi connectivity index (χ1) is 26.2. The van der Waals surface area contributed by atoms with Gasteiger partial charge in [0, 0.05) is 38.4 Å². The van der Waals surface area contributed by atoms with Gasteiger partial charge in [0.25, 0.3) is 0 Å². The molecule has 0 saturated heterocycles. The van der Waals surface area contributed by atoms with E-state index in [0.29, 0.717) is 0 Å². The highest BCUT2D eigenvalue weighted by molar-refractivity contribution is 7.01. The quantitative estimate of drug-likeness (QED) is 0.150. The summed E-state index contributed by atoms with van der Waals surface area (Å²) < 4.78 is 5.14. The minimum absolute atomic E-state index is 0.00996. The molecule has 2 nitrogen and oxygen atoms in total. The van der Waals surface area contributed by atoms with Crippen molar-refractivity contribution < 1.29 is 0 Å². The van der Waals surface area contributed by atoms with E-state index in [2.05, 4.69) is 193 Å². The molecular formula is C52H47BN2. The molecule has 55 heavy (non-hydrogen) atoms. The second-order valence-corrected chi connectivity index (χ2v) is 19.4. The van der Waals surface area contributed by atoms with E-state index in [-0.39, 0.29) is 23.0 Å². The number of hydrogen-bond donors (Lipinski definition) is 0. The first kappa shape index (κ1) is 32.9. The van der Waals surface area contributed by atoms with Gasteiger partial charge >= 0.3 is 0 Å². The van der Waals surface area contributed by atoms with Crippen molar-refractivity contribution in [2.24, 2.45) is 0 Å². The molecule has 0 saturated carbocycles. The number of hydrogen-bond acceptors (Lipinski definition) is 0. The number of nitrogens with zero attached hydrogens (tertiary/aromatic N) is 2. The van der Waals surface area contributed by atoms with Gasteiger partial charge in [-0.3, -0.25) is 0 Å². The van der Waals surface area contributed by atoms with Crippen LogP contribution in [0.3, 0.4) is 0 Å². The van der Waals surface area contributed by atoms with Crippen LogP contribution in [0.1, 0.15) is 79.0 Å². The Balaban J connectivity index is 1.38. The summed E-state index contributed by atoms with van der Waals surface area (Å²) in [5, 5.41) is 8.07. The van der Waals surface area contributed by atoms with Crippen LogP contribution >= 0.6 is 0 Å². The summed E-state index contributed by atoms with van der Waals surface area (Å²) in [5.74, 6) is 0. The maximum absolute atomic E-state index is 2.65. The first-order valence-corrected chi connectivity index (χ1v) is 20.1. The van der Waals surface area contributed by atoms with Gasteiger partial charge in [-0.1, -0.05) is 141 Å². The van der Waals surface area contributed by atoms with Crippen molar-refractivity contribution in [3.63, 3.8) is 0 Å². The van der Waals surface area contributed by atoms with E-state index in [1.807, 2.05) is 0 Å². The first-order valence-electron chi connectivity index (χ1n) is 20.1. The van der Waals surface area contributed by atoms with E-state index in [9.17, 15) is 0 Å². The number of aromatic nitrogens is 2. The van der Waals surface area contributed by atoms with Gasteiger partial charge in [0.2, 0.25) is 6.71 Å². The van der Waals surface area contributed by atoms with Crippen LogP contribution in [0.25, 0.3) is 76.9 Å². The second kappa shape index (κ2) is 10.6. The zero-order valence-corrected chi connectivity index (χ0v) is 33.5. The van der Waals surface area contributed by atoms with E-state index in [4.69, 9.17) is 0 Å². The zero-order chi connectivity index (χ0) is 37.9. The number of benzene rings is 7. The van der Waals surface area contributed by atoms with Gasteiger partial charge in [0.15, 0.2) is 0 Å². The lowest BCUT2D eigenvalue weighted by atomic mass is 9.32. The van der Waals surface area contributed by atoms with Gasteiger partial charge in [-0.2, -0.15) is 0 Å². The van der Waals surface area contributed by atoms with Crippen molar-refractivity contribution in [2.45, 2.75) is 78.6 Å². The van der Waals surface area contributed by atoms with Crippen molar-refractivity contribution in [2.75, 3.05) is 0 Å². The monoisotopic (exact) mass is 710 g/mol. The number of fused-ring (bicyclic) bond motifs is 11. The van der Waals surface area contributed by atoms with Crippen LogP contribution in [0.2, 0.25) is 0 Å². The summed E-state index contributed by atoms with van der Waals surface area (Å²) >= 11 is 0. The Kier molecular flexibility index (Phi) is 6.34. The average Bonchev–Trinajstić information content (AvgIpc) is 3.66. The van der Waals surface area contributed by atoms with E-state index >= 15 is 0 Å². The van der Waals surface area contributed by atoms with E-state index in [1.165, 1.54) is 110 Å². The minimum Gasteiger partial charge on any atom is -0.310 e. The SMILES string of the molecule is CC(C)(C)c1cc2c3c(c1)-n1c4ccc(C(C)(C)C)cc4c4cc(C(C)(C)C)cc(c41)B3c1cccc3cc4c(c-2c13)c1ccccc1n4-c1ccccc1. The van der Waals surface area contributed by atoms with Crippen LogP contribution in [0.4, 0.5) is 0 Å². The van der Waals surface area contributed by atoms with Gasteiger partial charge < -0.3 is 9.13 Å². The molecule has 3 heteroatoms. The van der Waals surface area contributed by atoms with Gasteiger partial charge in [-0.15, -0.1) is 0 Å². The molecule has 0 N–H and O–H groups in total.